The van der Waals surface area contributed by atoms with Crippen LogP contribution in [0.4, 0.5) is 17.6 Å². The number of benzene rings is 2. The summed E-state index contributed by atoms with van der Waals surface area (Å²) in [7, 11) is 0. The number of hydrogen-bond acceptors (Lipinski definition) is 1. The van der Waals surface area contributed by atoms with Gasteiger partial charge in [-0.2, -0.15) is 13.2 Å². The minimum Gasteiger partial charge on any atom is -0.286 e. The van der Waals surface area contributed by atoms with Crippen molar-refractivity contribution in [2.75, 3.05) is 0 Å². The van der Waals surface area contributed by atoms with Crippen LogP contribution in [0, 0.1) is 0 Å². The lowest BCUT2D eigenvalue weighted by molar-refractivity contribution is -0.137. The molecule has 0 unspecified atom stereocenters. The minimum atomic E-state index is -4.51. The molecule has 0 heterocycles. The Balaban J connectivity index is 2.29. The quantitative estimate of drug-likeness (QED) is 0.447. The Kier molecular flexibility index (Phi) is 4.21. The molecule has 2 aromatic rings. The highest BCUT2D eigenvalue weighted by atomic mass is 19.4. The monoisotopic (exact) mass is 294 g/mol. The van der Waals surface area contributed by atoms with E-state index in [9.17, 15) is 22.4 Å². The first-order valence-corrected chi connectivity index (χ1v) is 6.02. The molecule has 5 heteroatoms. The molecule has 0 spiro atoms. The third-order valence-electron chi connectivity index (χ3n) is 2.76. The molecule has 108 valence electrons. The van der Waals surface area contributed by atoms with Crippen molar-refractivity contribution in [3.63, 3.8) is 0 Å². The summed E-state index contributed by atoms with van der Waals surface area (Å²) in [6, 6.07) is 11.8. The molecule has 0 aliphatic heterocycles. The second-order valence-electron chi connectivity index (χ2n) is 4.31. The van der Waals surface area contributed by atoms with Crippen molar-refractivity contribution in [2.24, 2.45) is 0 Å². The summed E-state index contributed by atoms with van der Waals surface area (Å²) in [5, 5.41) is 0. The molecule has 0 radical (unpaired) electrons. The fourth-order valence-corrected chi connectivity index (χ4v) is 1.74. The summed E-state index contributed by atoms with van der Waals surface area (Å²) in [5.74, 6) is -1.98. The number of Topliss-reactive ketones (excluding diaryl/α,β-unsaturated/α-hetero) is 1. The van der Waals surface area contributed by atoms with Crippen molar-refractivity contribution in [1.29, 1.82) is 0 Å². The van der Waals surface area contributed by atoms with E-state index in [-0.39, 0.29) is 11.1 Å². The Morgan fingerprint density at radius 1 is 0.952 bits per heavy atom. The van der Waals surface area contributed by atoms with Crippen LogP contribution in [0.5, 0.6) is 0 Å². The van der Waals surface area contributed by atoms with Gasteiger partial charge in [0.1, 0.15) is 0 Å². The number of carbonyl (C=O) groups is 1. The van der Waals surface area contributed by atoms with Crippen molar-refractivity contribution in [3.8, 4) is 0 Å². The highest BCUT2D eigenvalue weighted by Gasteiger charge is 2.30. The van der Waals surface area contributed by atoms with Gasteiger partial charge in [-0.25, -0.2) is 4.39 Å². The van der Waals surface area contributed by atoms with Crippen LogP contribution in [-0.4, -0.2) is 5.78 Å². The third-order valence-corrected chi connectivity index (χ3v) is 2.76. The Morgan fingerprint density at radius 2 is 1.62 bits per heavy atom. The summed E-state index contributed by atoms with van der Waals surface area (Å²) < 4.78 is 51.5. The fraction of sp³-hybridized carbons (Fsp3) is 0.0625. The first-order valence-electron chi connectivity index (χ1n) is 6.02. The first-order chi connectivity index (χ1) is 9.88. The number of allylic oxidation sites excluding steroid dienone is 1. The van der Waals surface area contributed by atoms with E-state index in [1.807, 2.05) is 0 Å². The highest BCUT2D eigenvalue weighted by Crippen LogP contribution is 2.30. The summed E-state index contributed by atoms with van der Waals surface area (Å²) in [6.07, 6.45) is -3.71. The van der Waals surface area contributed by atoms with Gasteiger partial charge in [0.15, 0.2) is 5.83 Å². The zero-order valence-electron chi connectivity index (χ0n) is 10.7. The topological polar surface area (TPSA) is 17.1 Å². The van der Waals surface area contributed by atoms with Gasteiger partial charge in [0.25, 0.3) is 0 Å². The van der Waals surface area contributed by atoms with Crippen LogP contribution >= 0.6 is 0 Å². The second-order valence-corrected chi connectivity index (χ2v) is 4.31. The number of hydrogen-bond donors (Lipinski definition) is 0. The van der Waals surface area contributed by atoms with Gasteiger partial charge in [0.05, 0.1) is 5.56 Å². The van der Waals surface area contributed by atoms with Crippen LogP contribution < -0.4 is 0 Å². The van der Waals surface area contributed by atoms with Crippen molar-refractivity contribution >= 4 is 11.9 Å². The standard InChI is InChI=1S/C16H10F4O/c17-14(15(21)12-6-2-1-3-7-12)10-11-5-4-8-13(9-11)16(18,19)20/h1-10H/b14-10-. The zero-order chi connectivity index (χ0) is 15.5. The van der Waals surface area contributed by atoms with Crippen LogP contribution in [0.25, 0.3) is 6.08 Å². The minimum absolute atomic E-state index is 0.0217. The molecule has 0 saturated carbocycles. The van der Waals surface area contributed by atoms with E-state index in [1.165, 1.54) is 18.2 Å². The van der Waals surface area contributed by atoms with E-state index in [0.29, 0.717) is 0 Å². The maximum absolute atomic E-state index is 13.8. The molecule has 0 fully saturated rings. The lowest BCUT2D eigenvalue weighted by atomic mass is 10.1. The SMILES string of the molecule is O=C(/C(F)=C/c1cccc(C(F)(F)F)c1)c1ccccc1. The Labute approximate surface area is 118 Å². The van der Waals surface area contributed by atoms with Gasteiger partial charge in [0, 0.05) is 5.56 Å². The molecule has 2 rings (SSSR count). The predicted octanol–water partition coefficient (Wildman–Crippen LogP) is 4.90. The van der Waals surface area contributed by atoms with Crippen molar-refractivity contribution in [2.45, 2.75) is 6.18 Å². The average Bonchev–Trinajstić information content (AvgIpc) is 2.47. The van der Waals surface area contributed by atoms with Crippen molar-refractivity contribution in [3.05, 3.63) is 77.1 Å². The van der Waals surface area contributed by atoms with Gasteiger partial charge < -0.3 is 0 Å². The molecule has 0 N–H and O–H groups in total. The van der Waals surface area contributed by atoms with Gasteiger partial charge in [-0.1, -0.05) is 42.5 Å². The van der Waals surface area contributed by atoms with Gasteiger partial charge in [0.2, 0.25) is 5.78 Å². The number of ketones is 1. The molecule has 1 nitrogen and oxygen atoms in total. The van der Waals surface area contributed by atoms with E-state index >= 15 is 0 Å². The predicted molar refractivity (Wildman–Crippen MR) is 71.3 cm³/mol. The lowest BCUT2D eigenvalue weighted by Crippen LogP contribution is -2.04. The molecule has 0 atom stereocenters. The van der Waals surface area contributed by atoms with Gasteiger partial charge in [-0.15, -0.1) is 0 Å². The summed E-state index contributed by atoms with van der Waals surface area (Å²) in [5.41, 5.74) is -0.777. The normalized spacial score (nSPS) is 12.3. The van der Waals surface area contributed by atoms with E-state index < -0.39 is 23.3 Å². The zero-order valence-corrected chi connectivity index (χ0v) is 10.7. The van der Waals surface area contributed by atoms with E-state index in [1.54, 1.807) is 18.2 Å². The number of carbonyl (C=O) groups excluding carboxylic acids is 1. The third kappa shape index (κ3) is 3.78. The molecule has 0 saturated heterocycles. The first kappa shape index (κ1) is 15.0. The molecular weight excluding hydrogens is 284 g/mol. The maximum atomic E-state index is 13.8. The largest absolute Gasteiger partial charge is 0.416 e. The van der Waals surface area contributed by atoms with E-state index in [4.69, 9.17) is 0 Å². The second kappa shape index (κ2) is 5.91. The summed E-state index contributed by atoms with van der Waals surface area (Å²) in [4.78, 5) is 11.8. The lowest BCUT2D eigenvalue weighted by Gasteiger charge is -2.06. The van der Waals surface area contributed by atoms with Gasteiger partial charge in [-0.05, 0) is 23.8 Å². The molecule has 0 aliphatic carbocycles. The van der Waals surface area contributed by atoms with Crippen LogP contribution in [0.1, 0.15) is 21.5 Å². The molecule has 0 bridgehead atoms. The van der Waals surface area contributed by atoms with Crippen LogP contribution in [-0.2, 0) is 6.18 Å². The van der Waals surface area contributed by atoms with Crippen molar-refractivity contribution < 1.29 is 22.4 Å². The van der Waals surface area contributed by atoms with E-state index in [0.717, 1.165) is 24.3 Å². The number of rotatable bonds is 3. The summed E-state index contributed by atoms with van der Waals surface area (Å²) >= 11 is 0. The maximum Gasteiger partial charge on any atom is 0.416 e. The number of halogens is 4. The number of alkyl halides is 3. The molecular formula is C16H10F4O. The highest BCUT2D eigenvalue weighted by molar-refractivity contribution is 6.09. The fourth-order valence-electron chi connectivity index (χ4n) is 1.74. The molecule has 2 aromatic carbocycles. The molecule has 0 amide bonds. The Bertz CT molecular complexity index is 672. The van der Waals surface area contributed by atoms with Gasteiger partial charge >= 0.3 is 6.18 Å². The molecule has 0 aliphatic rings. The van der Waals surface area contributed by atoms with Crippen LogP contribution in [0.3, 0.4) is 0 Å². The van der Waals surface area contributed by atoms with Crippen LogP contribution in [0.2, 0.25) is 0 Å². The van der Waals surface area contributed by atoms with Crippen LogP contribution in [0.15, 0.2) is 60.4 Å². The summed E-state index contributed by atoms with van der Waals surface area (Å²) in [6.45, 7) is 0. The molecule has 21 heavy (non-hydrogen) atoms. The Hall–Kier alpha value is -2.43. The molecule has 0 aromatic heterocycles. The van der Waals surface area contributed by atoms with Gasteiger partial charge in [-0.3, -0.25) is 4.79 Å². The smallest absolute Gasteiger partial charge is 0.286 e. The van der Waals surface area contributed by atoms with E-state index in [2.05, 4.69) is 0 Å². The Morgan fingerprint density at radius 3 is 2.24 bits per heavy atom. The van der Waals surface area contributed by atoms with Crippen molar-refractivity contribution in [1.82, 2.24) is 0 Å². The average molecular weight is 294 g/mol.